The fraction of sp³-hybridized carbons (Fsp3) is 0.455. The van der Waals surface area contributed by atoms with E-state index in [0.717, 1.165) is 11.3 Å². The zero-order valence-electron chi connectivity index (χ0n) is 19.2. The van der Waals surface area contributed by atoms with Crippen molar-refractivity contribution in [1.82, 2.24) is 24.1 Å². The van der Waals surface area contributed by atoms with Crippen LogP contribution in [0.25, 0.3) is 11.0 Å². The molecule has 3 aromatic rings. The summed E-state index contributed by atoms with van der Waals surface area (Å²) in [4.78, 5) is 19.5. The van der Waals surface area contributed by atoms with Crippen LogP contribution in [-0.2, 0) is 27.8 Å². The zero-order chi connectivity index (χ0) is 23.5. The number of hydrogen-bond acceptors (Lipinski definition) is 6. The maximum absolute atomic E-state index is 12.5. The quantitative estimate of drug-likeness (QED) is 0.485. The number of fused-ring (bicyclic) bond motifs is 1. The van der Waals surface area contributed by atoms with Crippen molar-refractivity contribution < 1.29 is 13.2 Å². The molecule has 1 aromatic carbocycles. The van der Waals surface area contributed by atoms with Crippen LogP contribution in [0, 0.1) is 0 Å². The van der Waals surface area contributed by atoms with Crippen LogP contribution < -0.4 is 5.32 Å². The molecule has 0 saturated carbocycles. The first kappa shape index (κ1) is 24.4. The predicted octanol–water partition coefficient (Wildman–Crippen LogP) is 2.72. The van der Waals surface area contributed by atoms with Gasteiger partial charge in [0.1, 0.15) is 5.82 Å². The molecule has 32 heavy (non-hydrogen) atoms. The van der Waals surface area contributed by atoms with Crippen molar-refractivity contribution in [2.75, 3.05) is 34.7 Å². The molecule has 0 saturated heterocycles. The van der Waals surface area contributed by atoms with E-state index >= 15 is 0 Å². The molecule has 1 amide bonds. The van der Waals surface area contributed by atoms with Crippen molar-refractivity contribution >= 4 is 38.3 Å². The van der Waals surface area contributed by atoms with Gasteiger partial charge in [-0.05, 0) is 61.6 Å². The van der Waals surface area contributed by atoms with Crippen molar-refractivity contribution in [3.8, 4) is 0 Å². The summed E-state index contributed by atoms with van der Waals surface area (Å²) in [6, 6.07) is 7.20. The Balaban J connectivity index is 1.70. The molecule has 10 heteroatoms. The number of rotatable bonds is 10. The monoisotopic (exact) mass is 477 g/mol. The number of nitrogens with zero attached hydrogens (tertiary/aromatic N) is 4. The predicted molar refractivity (Wildman–Crippen MR) is 128 cm³/mol. The van der Waals surface area contributed by atoms with Gasteiger partial charge in [0.05, 0.1) is 22.0 Å². The molecule has 1 N–H and O–H groups in total. The summed E-state index contributed by atoms with van der Waals surface area (Å²) in [5, 5.41) is 7.18. The number of sulfonamides is 1. The van der Waals surface area contributed by atoms with Gasteiger partial charge in [0.15, 0.2) is 0 Å². The second-order valence-electron chi connectivity index (χ2n) is 8.05. The Kier molecular flexibility index (Phi) is 7.71. The Labute approximate surface area is 193 Å². The molecule has 0 aliphatic rings. The summed E-state index contributed by atoms with van der Waals surface area (Å²) in [6.45, 7) is 3.24. The molecule has 2 heterocycles. The number of aromatic nitrogens is 2. The smallest absolute Gasteiger partial charge is 0.242 e. The van der Waals surface area contributed by atoms with Crippen molar-refractivity contribution in [1.29, 1.82) is 0 Å². The molecule has 1 unspecified atom stereocenters. The molecule has 8 nitrogen and oxygen atoms in total. The van der Waals surface area contributed by atoms with Crippen LogP contribution in [0.2, 0.25) is 0 Å². The van der Waals surface area contributed by atoms with E-state index in [0.29, 0.717) is 31.4 Å². The molecule has 3 rings (SSSR count). The number of likely N-dealkylation sites (N-methyl/N-ethyl adjacent to an activating group) is 1. The summed E-state index contributed by atoms with van der Waals surface area (Å²) in [5.41, 5.74) is 2.68. The van der Waals surface area contributed by atoms with E-state index in [-0.39, 0.29) is 16.8 Å². The molecular weight excluding hydrogens is 446 g/mol. The summed E-state index contributed by atoms with van der Waals surface area (Å²) < 4.78 is 28.1. The Hall–Kier alpha value is -2.27. The number of carbonyl (C=O) groups is 1. The molecule has 0 radical (unpaired) electrons. The van der Waals surface area contributed by atoms with Crippen LogP contribution in [0.5, 0.6) is 0 Å². The van der Waals surface area contributed by atoms with Gasteiger partial charge in [-0.25, -0.2) is 17.7 Å². The van der Waals surface area contributed by atoms with Crippen LogP contribution in [0.3, 0.4) is 0 Å². The van der Waals surface area contributed by atoms with Crippen molar-refractivity contribution in [2.45, 2.75) is 37.2 Å². The number of imidazole rings is 1. The topological polar surface area (TPSA) is 87.5 Å². The average molecular weight is 478 g/mol. The lowest BCUT2D eigenvalue weighted by Gasteiger charge is -2.24. The Morgan fingerprint density at radius 3 is 2.56 bits per heavy atom. The molecular formula is C22H31N5O3S2. The van der Waals surface area contributed by atoms with Gasteiger partial charge in [0.2, 0.25) is 15.9 Å². The van der Waals surface area contributed by atoms with E-state index in [2.05, 4.69) is 26.6 Å². The standard InChI is InChI=1S/C22H31N5O3S2/c1-6-27-19-8-7-17(32(29,30)26(4)5)13-18(19)24-21(27)9-10-22(28)23-14-20(25(2)3)16-11-12-31-15-16/h7-8,11-13,15,20H,6,9-10,14H2,1-5H3,(H,23,28). The van der Waals surface area contributed by atoms with Crippen molar-refractivity contribution in [3.05, 3.63) is 46.4 Å². The van der Waals surface area contributed by atoms with E-state index in [1.54, 1.807) is 29.5 Å². The summed E-state index contributed by atoms with van der Waals surface area (Å²) in [5.74, 6) is 0.747. The minimum atomic E-state index is -3.53. The highest BCUT2D eigenvalue weighted by molar-refractivity contribution is 7.89. The zero-order valence-corrected chi connectivity index (χ0v) is 20.8. The molecule has 0 fully saturated rings. The first-order chi connectivity index (χ1) is 15.1. The first-order valence-corrected chi connectivity index (χ1v) is 12.9. The number of benzene rings is 1. The van der Waals surface area contributed by atoms with Gasteiger partial charge < -0.3 is 14.8 Å². The molecule has 0 bridgehead atoms. The van der Waals surface area contributed by atoms with Gasteiger partial charge in [-0.1, -0.05) is 0 Å². The summed E-state index contributed by atoms with van der Waals surface area (Å²) in [6.07, 6.45) is 0.797. The van der Waals surface area contributed by atoms with Gasteiger partial charge in [0.25, 0.3) is 0 Å². The van der Waals surface area contributed by atoms with Crippen LogP contribution in [-0.4, -0.2) is 67.8 Å². The third-order valence-corrected chi connectivity index (χ3v) is 8.03. The Morgan fingerprint density at radius 2 is 1.97 bits per heavy atom. The lowest BCUT2D eigenvalue weighted by molar-refractivity contribution is -0.121. The minimum Gasteiger partial charge on any atom is -0.354 e. The van der Waals surface area contributed by atoms with Crippen LogP contribution in [0.15, 0.2) is 39.9 Å². The maximum atomic E-state index is 12.5. The van der Waals surface area contributed by atoms with E-state index < -0.39 is 10.0 Å². The maximum Gasteiger partial charge on any atom is 0.242 e. The highest BCUT2D eigenvalue weighted by Gasteiger charge is 2.20. The minimum absolute atomic E-state index is 0.0299. The second-order valence-corrected chi connectivity index (χ2v) is 11.0. The normalized spacial score (nSPS) is 13.2. The Bertz CT molecular complexity index is 1170. The number of aryl methyl sites for hydroxylation is 2. The van der Waals surface area contributed by atoms with Crippen molar-refractivity contribution in [2.24, 2.45) is 0 Å². The van der Waals surface area contributed by atoms with Crippen molar-refractivity contribution in [3.63, 3.8) is 0 Å². The molecule has 0 spiro atoms. The largest absolute Gasteiger partial charge is 0.354 e. The van der Waals surface area contributed by atoms with E-state index in [1.165, 1.54) is 24.0 Å². The highest BCUT2D eigenvalue weighted by Crippen LogP contribution is 2.23. The van der Waals surface area contributed by atoms with E-state index in [9.17, 15) is 13.2 Å². The SMILES string of the molecule is CCn1c(CCC(=O)NCC(c2ccsc2)N(C)C)nc2cc(S(=O)(=O)N(C)C)ccc21. The number of nitrogens with one attached hydrogen (secondary N) is 1. The second kappa shape index (κ2) is 10.1. The number of thiophene rings is 1. The van der Waals surface area contributed by atoms with Crippen LogP contribution in [0.1, 0.15) is 30.8 Å². The number of hydrogen-bond donors (Lipinski definition) is 1. The molecule has 0 aliphatic carbocycles. The molecule has 0 aliphatic heterocycles. The third kappa shape index (κ3) is 5.20. The fourth-order valence-corrected chi connectivity index (χ4v) is 5.29. The first-order valence-electron chi connectivity index (χ1n) is 10.5. The number of amides is 1. The highest BCUT2D eigenvalue weighted by atomic mass is 32.2. The lowest BCUT2D eigenvalue weighted by Crippen LogP contribution is -2.34. The van der Waals surface area contributed by atoms with Gasteiger partial charge in [-0.2, -0.15) is 11.3 Å². The summed E-state index contributed by atoms with van der Waals surface area (Å²) >= 11 is 1.65. The van der Waals surface area contributed by atoms with Gasteiger partial charge in [-0.3, -0.25) is 4.79 Å². The fourth-order valence-electron chi connectivity index (χ4n) is 3.66. The molecule has 2 aromatic heterocycles. The third-order valence-electron chi connectivity index (χ3n) is 5.51. The summed E-state index contributed by atoms with van der Waals surface area (Å²) in [7, 11) is 3.49. The molecule has 174 valence electrons. The van der Waals surface area contributed by atoms with Crippen LogP contribution >= 0.6 is 11.3 Å². The van der Waals surface area contributed by atoms with Gasteiger partial charge in [0, 0.05) is 40.0 Å². The van der Waals surface area contributed by atoms with E-state index in [4.69, 9.17) is 0 Å². The van der Waals surface area contributed by atoms with Gasteiger partial charge in [-0.15, -0.1) is 0 Å². The van der Waals surface area contributed by atoms with E-state index in [1.807, 2.05) is 31.0 Å². The lowest BCUT2D eigenvalue weighted by atomic mass is 10.1. The Morgan fingerprint density at radius 1 is 1.22 bits per heavy atom. The van der Waals surface area contributed by atoms with Gasteiger partial charge >= 0.3 is 0 Å². The molecule has 1 atom stereocenters. The van der Waals surface area contributed by atoms with Crippen LogP contribution in [0.4, 0.5) is 0 Å². The number of carbonyl (C=O) groups excluding carboxylic acids is 1. The average Bonchev–Trinajstić information content (AvgIpc) is 3.39.